The highest BCUT2D eigenvalue weighted by Crippen LogP contribution is 2.29. The average Bonchev–Trinajstić information content (AvgIpc) is 3.17. The highest BCUT2D eigenvalue weighted by atomic mass is 16.6. The van der Waals surface area contributed by atoms with E-state index < -0.39 is 16.8 Å². The number of nitro benzene ring substituents is 1. The van der Waals surface area contributed by atoms with Crippen molar-refractivity contribution in [3.8, 4) is 5.69 Å². The number of hydrogen-bond donors (Lipinski definition) is 1. The van der Waals surface area contributed by atoms with E-state index in [9.17, 15) is 19.7 Å². The van der Waals surface area contributed by atoms with Crippen LogP contribution in [0.3, 0.4) is 0 Å². The number of benzene rings is 2. The number of ether oxygens (including phenoxy) is 1. The van der Waals surface area contributed by atoms with Crippen LogP contribution in [0.25, 0.3) is 5.69 Å². The minimum absolute atomic E-state index is 0.0629. The van der Waals surface area contributed by atoms with Crippen molar-refractivity contribution in [1.82, 2.24) is 9.78 Å². The molecule has 31 heavy (non-hydrogen) atoms. The normalized spacial score (nSPS) is 10.4. The molecule has 0 radical (unpaired) electrons. The summed E-state index contributed by atoms with van der Waals surface area (Å²) in [5.41, 5.74) is 0.900. The van der Waals surface area contributed by atoms with Gasteiger partial charge in [0.25, 0.3) is 11.6 Å². The lowest BCUT2D eigenvalue weighted by Crippen LogP contribution is -2.19. The molecular weight excluding hydrogens is 402 g/mol. The number of rotatable bonds is 7. The Hall–Kier alpha value is -4.21. The molecule has 0 saturated carbocycles. The maximum Gasteiger partial charge on any atom is 0.343 e. The van der Waals surface area contributed by atoms with Crippen LogP contribution in [0.1, 0.15) is 27.6 Å². The predicted molar refractivity (Wildman–Crippen MR) is 115 cm³/mol. The third kappa shape index (κ3) is 4.53. The number of anilines is 2. The Labute approximate surface area is 178 Å². The van der Waals surface area contributed by atoms with Crippen LogP contribution in [-0.2, 0) is 4.74 Å². The summed E-state index contributed by atoms with van der Waals surface area (Å²) in [6.45, 7) is 1.82. The summed E-state index contributed by atoms with van der Waals surface area (Å²) in [5.74, 6) is -1.17. The predicted octanol–water partition coefficient (Wildman–Crippen LogP) is 3.28. The van der Waals surface area contributed by atoms with E-state index >= 15 is 0 Å². The van der Waals surface area contributed by atoms with Crippen LogP contribution in [0.4, 0.5) is 17.2 Å². The van der Waals surface area contributed by atoms with E-state index in [1.54, 1.807) is 50.2 Å². The van der Waals surface area contributed by atoms with Crippen LogP contribution >= 0.6 is 0 Å². The fourth-order valence-corrected chi connectivity index (χ4v) is 2.96. The second kappa shape index (κ2) is 9.08. The van der Waals surface area contributed by atoms with Crippen LogP contribution in [0, 0.1) is 10.1 Å². The van der Waals surface area contributed by atoms with Gasteiger partial charge in [0.15, 0.2) is 5.82 Å². The van der Waals surface area contributed by atoms with E-state index in [2.05, 4.69) is 10.4 Å². The van der Waals surface area contributed by atoms with Crippen molar-refractivity contribution in [2.24, 2.45) is 0 Å². The Kier molecular flexibility index (Phi) is 6.29. The first-order chi connectivity index (χ1) is 14.8. The van der Waals surface area contributed by atoms with E-state index in [0.717, 1.165) is 0 Å². The minimum Gasteiger partial charge on any atom is -0.462 e. The quantitative estimate of drug-likeness (QED) is 0.352. The van der Waals surface area contributed by atoms with Gasteiger partial charge in [-0.25, -0.2) is 9.48 Å². The lowest BCUT2D eigenvalue weighted by Gasteiger charge is -2.14. The number of carbonyl (C=O) groups is 2. The number of nitrogens with zero attached hydrogens (tertiary/aromatic N) is 4. The molecule has 0 atom stereocenters. The fourth-order valence-electron chi connectivity index (χ4n) is 2.96. The summed E-state index contributed by atoms with van der Waals surface area (Å²) in [7, 11) is 3.35. The summed E-state index contributed by atoms with van der Waals surface area (Å²) in [5, 5.41) is 18.3. The molecule has 1 heterocycles. The Morgan fingerprint density at radius 2 is 1.90 bits per heavy atom. The van der Waals surface area contributed by atoms with Gasteiger partial charge in [-0.15, -0.1) is 0 Å². The number of para-hydroxylation sites is 1. The third-order valence-corrected chi connectivity index (χ3v) is 4.41. The molecule has 0 fully saturated rings. The lowest BCUT2D eigenvalue weighted by atomic mass is 10.1. The molecule has 2 aromatic carbocycles. The molecule has 0 saturated heterocycles. The molecule has 1 aromatic heterocycles. The van der Waals surface area contributed by atoms with Crippen LogP contribution in [0.15, 0.2) is 54.7 Å². The zero-order chi connectivity index (χ0) is 22.5. The van der Waals surface area contributed by atoms with Gasteiger partial charge in [0.2, 0.25) is 0 Å². The van der Waals surface area contributed by atoms with E-state index in [-0.39, 0.29) is 29.2 Å². The van der Waals surface area contributed by atoms with Crippen molar-refractivity contribution in [2.45, 2.75) is 6.92 Å². The van der Waals surface area contributed by atoms with E-state index in [4.69, 9.17) is 4.74 Å². The summed E-state index contributed by atoms with van der Waals surface area (Å²) >= 11 is 0. The molecule has 10 nitrogen and oxygen atoms in total. The first-order valence-electron chi connectivity index (χ1n) is 9.41. The molecule has 3 rings (SSSR count). The van der Waals surface area contributed by atoms with E-state index in [1.807, 2.05) is 6.07 Å². The molecule has 3 aromatic rings. The standard InChI is InChI=1S/C21H21N5O5/c1-4-31-21(28)16-13-22-25(15-8-6-5-7-9-15)19(16)23-20(27)14-10-11-17(24(2)3)18(12-14)26(29)30/h5-13H,4H2,1-3H3,(H,23,27). The first kappa shape index (κ1) is 21.5. The van der Waals surface area contributed by atoms with Crippen LogP contribution in [-0.4, -0.2) is 47.3 Å². The summed E-state index contributed by atoms with van der Waals surface area (Å²) in [4.78, 5) is 37.8. The largest absolute Gasteiger partial charge is 0.462 e. The average molecular weight is 423 g/mol. The molecule has 1 N–H and O–H groups in total. The van der Waals surface area contributed by atoms with Gasteiger partial charge in [0.05, 0.1) is 23.4 Å². The first-order valence-corrected chi connectivity index (χ1v) is 9.41. The molecule has 160 valence electrons. The lowest BCUT2D eigenvalue weighted by molar-refractivity contribution is -0.384. The topological polar surface area (TPSA) is 120 Å². The Bertz CT molecular complexity index is 1120. The number of hydrogen-bond acceptors (Lipinski definition) is 7. The van der Waals surface area contributed by atoms with Crippen molar-refractivity contribution < 1.29 is 19.2 Å². The maximum atomic E-state index is 12.9. The maximum absolute atomic E-state index is 12.9. The zero-order valence-corrected chi connectivity index (χ0v) is 17.2. The Morgan fingerprint density at radius 3 is 2.52 bits per heavy atom. The molecular formula is C21H21N5O5. The minimum atomic E-state index is -0.645. The molecule has 0 spiro atoms. The highest BCUT2D eigenvalue weighted by Gasteiger charge is 2.24. The van der Waals surface area contributed by atoms with Gasteiger partial charge in [-0.1, -0.05) is 18.2 Å². The number of aromatic nitrogens is 2. The number of carbonyl (C=O) groups excluding carboxylic acids is 2. The molecule has 0 aliphatic heterocycles. The summed E-state index contributed by atoms with van der Waals surface area (Å²) < 4.78 is 6.45. The van der Waals surface area contributed by atoms with Gasteiger partial charge in [0.1, 0.15) is 11.3 Å². The smallest absolute Gasteiger partial charge is 0.343 e. The zero-order valence-electron chi connectivity index (χ0n) is 17.2. The van der Waals surface area contributed by atoms with Gasteiger partial charge in [-0.3, -0.25) is 14.9 Å². The monoisotopic (exact) mass is 423 g/mol. The van der Waals surface area contributed by atoms with Crippen LogP contribution in [0.2, 0.25) is 0 Å². The SMILES string of the molecule is CCOC(=O)c1cnn(-c2ccccc2)c1NC(=O)c1ccc(N(C)C)c([N+](=O)[O-])c1. The molecule has 1 amide bonds. The summed E-state index contributed by atoms with van der Waals surface area (Å²) in [6, 6.07) is 13.1. The Balaban J connectivity index is 2.02. The second-order valence-corrected chi connectivity index (χ2v) is 6.68. The number of nitro groups is 1. The molecule has 0 bridgehead atoms. The van der Waals surface area contributed by atoms with Crippen LogP contribution < -0.4 is 10.2 Å². The van der Waals surface area contributed by atoms with Gasteiger partial charge < -0.3 is 15.0 Å². The van der Waals surface area contributed by atoms with Crippen molar-refractivity contribution in [3.63, 3.8) is 0 Å². The molecule has 10 heteroatoms. The van der Waals surface area contributed by atoms with Crippen molar-refractivity contribution in [2.75, 3.05) is 30.9 Å². The van der Waals surface area contributed by atoms with E-state index in [1.165, 1.54) is 29.1 Å². The fraction of sp³-hybridized carbons (Fsp3) is 0.190. The molecule has 0 aliphatic carbocycles. The van der Waals surface area contributed by atoms with Crippen molar-refractivity contribution in [3.05, 3.63) is 76.0 Å². The van der Waals surface area contributed by atoms with Gasteiger partial charge in [-0.2, -0.15) is 5.10 Å². The van der Waals surface area contributed by atoms with Gasteiger partial charge in [0, 0.05) is 25.7 Å². The molecule has 0 aliphatic rings. The van der Waals surface area contributed by atoms with Crippen molar-refractivity contribution >= 4 is 29.1 Å². The second-order valence-electron chi connectivity index (χ2n) is 6.68. The number of nitrogens with one attached hydrogen (secondary N) is 1. The van der Waals surface area contributed by atoms with Gasteiger partial charge >= 0.3 is 5.97 Å². The van der Waals surface area contributed by atoms with Crippen molar-refractivity contribution in [1.29, 1.82) is 0 Å². The van der Waals surface area contributed by atoms with Crippen LogP contribution in [0.5, 0.6) is 0 Å². The third-order valence-electron chi connectivity index (χ3n) is 4.41. The number of esters is 1. The summed E-state index contributed by atoms with van der Waals surface area (Å²) in [6.07, 6.45) is 1.30. The van der Waals surface area contributed by atoms with Gasteiger partial charge in [-0.05, 0) is 31.2 Å². The van der Waals surface area contributed by atoms with E-state index in [0.29, 0.717) is 11.4 Å². The Morgan fingerprint density at radius 1 is 1.19 bits per heavy atom. The molecule has 0 unspecified atom stereocenters. The number of amides is 1. The highest BCUT2D eigenvalue weighted by molar-refractivity contribution is 6.08.